The van der Waals surface area contributed by atoms with E-state index in [2.05, 4.69) is 26.4 Å². The van der Waals surface area contributed by atoms with Gasteiger partial charge in [0.25, 0.3) is 0 Å². The summed E-state index contributed by atoms with van der Waals surface area (Å²) in [6, 6.07) is 6.12. The average Bonchev–Trinajstić information content (AvgIpc) is 3.61. The van der Waals surface area contributed by atoms with Crippen LogP contribution in [0.2, 0.25) is 0 Å². The van der Waals surface area contributed by atoms with Crippen LogP contribution in [0.1, 0.15) is 63.0 Å². The second-order valence-electron chi connectivity index (χ2n) is 9.66. The molecule has 6 rings (SSSR count). The van der Waals surface area contributed by atoms with Gasteiger partial charge >= 0.3 is 0 Å². The molecule has 0 radical (unpaired) electrons. The van der Waals surface area contributed by atoms with Crippen LogP contribution in [0.15, 0.2) is 18.2 Å². The summed E-state index contributed by atoms with van der Waals surface area (Å²) in [5.74, 6) is 1.77. The number of hydrogen-bond acceptors (Lipinski definition) is 4. The van der Waals surface area contributed by atoms with Gasteiger partial charge in [0.05, 0.1) is 0 Å². The molecule has 0 unspecified atom stereocenters. The van der Waals surface area contributed by atoms with Crippen LogP contribution < -0.4 is 5.32 Å². The minimum atomic E-state index is 0.0392. The van der Waals surface area contributed by atoms with Crippen LogP contribution in [0, 0.1) is 17.3 Å². The zero-order valence-electron chi connectivity index (χ0n) is 16.6. The predicted molar refractivity (Wildman–Crippen MR) is 107 cm³/mol. The van der Waals surface area contributed by atoms with Crippen molar-refractivity contribution in [2.75, 3.05) is 18.4 Å². The lowest BCUT2D eigenvalue weighted by Gasteiger charge is -2.53. The Balaban J connectivity index is 1.14. The first-order chi connectivity index (χ1) is 14.1. The van der Waals surface area contributed by atoms with E-state index < -0.39 is 0 Å². The Labute approximate surface area is 169 Å². The van der Waals surface area contributed by atoms with Gasteiger partial charge in [-0.05, 0) is 63.5 Å². The SMILES string of the molecule is O=C(Nc1nc2cccc(C3CCC4(CC3)CN(C(=O)C3CC3)C4)n2n1)C1CC1. The number of carbonyl (C=O) groups is 2. The van der Waals surface area contributed by atoms with Gasteiger partial charge in [-0.2, -0.15) is 4.98 Å². The zero-order valence-corrected chi connectivity index (χ0v) is 16.6. The van der Waals surface area contributed by atoms with Crippen LogP contribution in [0.3, 0.4) is 0 Å². The Morgan fingerprint density at radius 3 is 2.41 bits per heavy atom. The molecule has 3 aliphatic carbocycles. The molecule has 2 aromatic heterocycles. The predicted octanol–water partition coefficient (Wildman–Crippen LogP) is 2.97. The molecule has 152 valence electrons. The molecule has 0 bridgehead atoms. The first-order valence-electron chi connectivity index (χ1n) is 11.1. The van der Waals surface area contributed by atoms with E-state index in [0.29, 0.717) is 29.1 Å². The van der Waals surface area contributed by atoms with Crippen LogP contribution >= 0.6 is 0 Å². The topological polar surface area (TPSA) is 79.6 Å². The fourth-order valence-electron chi connectivity index (χ4n) is 5.20. The Hall–Kier alpha value is -2.44. The second-order valence-corrected chi connectivity index (χ2v) is 9.66. The van der Waals surface area contributed by atoms with E-state index >= 15 is 0 Å². The third kappa shape index (κ3) is 3.11. The molecule has 4 aliphatic rings. The van der Waals surface area contributed by atoms with Crippen molar-refractivity contribution in [1.29, 1.82) is 0 Å². The summed E-state index contributed by atoms with van der Waals surface area (Å²) in [5, 5.41) is 7.46. The van der Waals surface area contributed by atoms with Crippen molar-refractivity contribution in [1.82, 2.24) is 19.5 Å². The Bertz CT molecular complexity index is 974. The molecular weight excluding hydrogens is 366 g/mol. The number of anilines is 1. The van der Waals surface area contributed by atoms with Gasteiger partial charge in [-0.3, -0.25) is 14.9 Å². The van der Waals surface area contributed by atoms with Gasteiger partial charge in [0.1, 0.15) is 0 Å². The van der Waals surface area contributed by atoms with Gasteiger partial charge in [-0.25, -0.2) is 4.52 Å². The molecule has 7 heteroatoms. The van der Waals surface area contributed by atoms with Crippen LogP contribution in [-0.4, -0.2) is 44.4 Å². The largest absolute Gasteiger partial charge is 0.341 e. The van der Waals surface area contributed by atoms with Crippen LogP contribution in [0.25, 0.3) is 5.65 Å². The number of amides is 2. The molecule has 2 amide bonds. The molecule has 3 heterocycles. The summed E-state index contributed by atoms with van der Waals surface area (Å²) in [6.07, 6.45) is 8.70. The lowest BCUT2D eigenvalue weighted by molar-refractivity contribution is -0.147. The van der Waals surface area contributed by atoms with E-state index in [1.54, 1.807) is 0 Å². The molecule has 0 atom stereocenters. The van der Waals surface area contributed by atoms with Crippen molar-refractivity contribution in [3.63, 3.8) is 0 Å². The lowest BCUT2D eigenvalue weighted by Crippen LogP contribution is -2.59. The number of hydrogen-bond donors (Lipinski definition) is 1. The highest BCUT2D eigenvalue weighted by molar-refractivity contribution is 5.92. The van der Waals surface area contributed by atoms with Crippen LogP contribution in [-0.2, 0) is 9.59 Å². The maximum Gasteiger partial charge on any atom is 0.249 e. The summed E-state index contributed by atoms with van der Waals surface area (Å²) in [4.78, 5) is 30.9. The molecular formula is C22H27N5O2. The van der Waals surface area contributed by atoms with Crippen molar-refractivity contribution in [3.05, 3.63) is 23.9 Å². The molecule has 0 aromatic carbocycles. The van der Waals surface area contributed by atoms with E-state index in [4.69, 9.17) is 0 Å². The van der Waals surface area contributed by atoms with Crippen molar-refractivity contribution in [2.24, 2.45) is 17.3 Å². The van der Waals surface area contributed by atoms with Gasteiger partial charge in [0.2, 0.25) is 17.8 Å². The van der Waals surface area contributed by atoms with Crippen molar-refractivity contribution < 1.29 is 9.59 Å². The van der Waals surface area contributed by atoms with E-state index in [9.17, 15) is 9.59 Å². The number of carbonyl (C=O) groups excluding carboxylic acids is 2. The highest BCUT2D eigenvalue weighted by Crippen LogP contribution is 2.49. The Morgan fingerprint density at radius 1 is 1.00 bits per heavy atom. The number of nitrogens with one attached hydrogen (secondary N) is 1. The van der Waals surface area contributed by atoms with Crippen molar-refractivity contribution >= 4 is 23.4 Å². The summed E-state index contributed by atoms with van der Waals surface area (Å²) >= 11 is 0. The lowest BCUT2D eigenvalue weighted by atomic mass is 9.65. The molecule has 1 spiro atoms. The first-order valence-corrected chi connectivity index (χ1v) is 11.1. The molecule has 4 fully saturated rings. The molecule has 1 saturated heterocycles. The second kappa shape index (κ2) is 6.28. The highest BCUT2D eigenvalue weighted by Gasteiger charge is 2.49. The summed E-state index contributed by atoms with van der Waals surface area (Å²) in [6.45, 7) is 1.92. The maximum absolute atomic E-state index is 12.2. The molecule has 1 N–H and O–H groups in total. The van der Waals surface area contributed by atoms with Gasteiger partial charge in [0.15, 0.2) is 5.65 Å². The van der Waals surface area contributed by atoms with Crippen LogP contribution in [0.5, 0.6) is 0 Å². The van der Waals surface area contributed by atoms with Crippen molar-refractivity contribution in [3.8, 4) is 0 Å². The minimum Gasteiger partial charge on any atom is -0.341 e. The summed E-state index contributed by atoms with van der Waals surface area (Å²) in [5.41, 5.74) is 2.32. The molecule has 1 aliphatic heterocycles. The van der Waals surface area contributed by atoms with E-state index in [1.165, 1.54) is 18.5 Å². The third-order valence-electron chi connectivity index (χ3n) is 7.33. The van der Waals surface area contributed by atoms with Gasteiger partial charge < -0.3 is 4.90 Å². The highest BCUT2D eigenvalue weighted by atomic mass is 16.2. The van der Waals surface area contributed by atoms with E-state index in [-0.39, 0.29) is 11.8 Å². The molecule has 7 nitrogen and oxygen atoms in total. The van der Waals surface area contributed by atoms with Crippen molar-refractivity contribution in [2.45, 2.75) is 57.3 Å². The number of pyridine rings is 1. The van der Waals surface area contributed by atoms with E-state index in [1.807, 2.05) is 16.6 Å². The summed E-state index contributed by atoms with van der Waals surface area (Å²) < 4.78 is 1.91. The fourth-order valence-corrected chi connectivity index (χ4v) is 5.20. The van der Waals surface area contributed by atoms with E-state index in [0.717, 1.165) is 57.3 Å². The van der Waals surface area contributed by atoms with Gasteiger partial charge in [0, 0.05) is 42.0 Å². The number of likely N-dealkylation sites (tertiary alicyclic amines) is 1. The first kappa shape index (κ1) is 17.4. The number of nitrogens with zero attached hydrogens (tertiary/aromatic N) is 4. The van der Waals surface area contributed by atoms with Gasteiger partial charge in [-0.15, -0.1) is 5.10 Å². The number of fused-ring (bicyclic) bond motifs is 1. The zero-order chi connectivity index (χ0) is 19.6. The smallest absolute Gasteiger partial charge is 0.249 e. The van der Waals surface area contributed by atoms with Gasteiger partial charge in [-0.1, -0.05) is 6.07 Å². The summed E-state index contributed by atoms with van der Waals surface area (Å²) in [7, 11) is 0. The quantitative estimate of drug-likeness (QED) is 0.866. The fraction of sp³-hybridized carbons (Fsp3) is 0.636. The molecule has 3 saturated carbocycles. The maximum atomic E-state index is 12.2. The number of aromatic nitrogens is 3. The standard InChI is InChI=1S/C22H27N5O2/c28-19(15-4-5-15)24-21-23-18-3-1-2-17(27(18)25-21)14-8-10-22(11-9-14)12-26(13-22)20(29)16-6-7-16/h1-3,14-16H,4-13H2,(H,24,25,28). The van der Waals surface area contributed by atoms with Crippen LogP contribution in [0.4, 0.5) is 5.95 Å². The molecule has 2 aromatic rings. The molecule has 29 heavy (non-hydrogen) atoms. The minimum absolute atomic E-state index is 0.0392. The Kier molecular flexibility index (Phi) is 3.77. The third-order valence-corrected chi connectivity index (χ3v) is 7.33. The Morgan fingerprint density at radius 2 is 1.72 bits per heavy atom. The normalized spacial score (nSPS) is 23.9. The number of rotatable bonds is 4. The monoisotopic (exact) mass is 393 g/mol. The average molecular weight is 393 g/mol.